The summed E-state index contributed by atoms with van der Waals surface area (Å²) in [6, 6.07) is 8.07. The Hall–Kier alpha value is -1.10. The molecule has 0 aromatic heterocycles. The zero-order valence-electron chi connectivity index (χ0n) is 11.8. The Morgan fingerprint density at radius 2 is 2.16 bits per heavy atom. The number of aliphatic hydroxyl groups is 1. The van der Waals surface area contributed by atoms with Crippen LogP contribution in [0, 0.1) is 0 Å². The van der Waals surface area contributed by atoms with Gasteiger partial charge in [-0.1, -0.05) is 18.2 Å². The molecule has 106 valence electrons. The lowest BCUT2D eigenvalue weighted by Crippen LogP contribution is -2.56. The minimum atomic E-state index is -0.479. The molecule has 0 amide bonds. The van der Waals surface area contributed by atoms with Gasteiger partial charge in [0.25, 0.3) is 0 Å². The second kappa shape index (κ2) is 6.37. The molecule has 2 rings (SSSR count). The zero-order chi connectivity index (χ0) is 13.8. The third kappa shape index (κ3) is 3.08. The highest BCUT2D eigenvalue weighted by atomic mass is 16.5. The van der Waals surface area contributed by atoms with Crippen molar-refractivity contribution in [3.63, 3.8) is 0 Å². The summed E-state index contributed by atoms with van der Waals surface area (Å²) in [4.78, 5) is 0. The molecular weight excluding hydrogens is 242 g/mol. The van der Waals surface area contributed by atoms with Crippen LogP contribution in [0.3, 0.4) is 0 Å². The van der Waals surface area contributed by atoms with E-state index in [4.69, 9.17) is 9.47 Å². The molecule has 4 nitrogen and oxygen atoms in total. The third-order valence-corrected chi connectivity index (χ3v) is 3.65. The van der Waals surface area contributed by atoms with Crippen LogP contribution in [-0.2, 0) is 9.47 Å². The molecule has 1 fully saturated rings. The lowest BCUT2D eigenvalue weighted by atomic mass is 9.84. The molecule has 0 spiro atoms. The molecular formula is C15H23NO3. The number of hydrogen-bond donors (Lipinski definition) is 2. The van der Waals surface area contributed by atoms with Crippen LogP contribution < -0.4 is 5.32 Å². The van der Waals surface area contributed by atoms with Crippen molar-refractivity contribution in [2.45, 2.75) is 44.6 Å². The maximum absolute atomic E-state index is 9.77. The van der Waals surface area contributed by atoms with Gasteiger partial charge in [0.05, 0.1) is 18.2 Å². The summed E-state index contributed by atoms with van der Waals surface area (Å²) in [5.41, 5.74) is 1.89. The number of nitrogens with one attached hydrogen (secondary N) is 1. The number of aliphatic hydroxyl groups excluding tert-OH is 1. The summed E-state index contributed by atoms with van der Waals surface area (Å²) < 4.78 is 11.1. The standard InChI is InChI=1S/C15H23NO3/c1-4-19-14-9-13(15(14)18-3)16-12-8-6-5-7-11(12)10(2)17/h5-8,10,13-17H,4,9H2,1-3H3. The second-order valence-corrected chi connectivity index (χ2v) is 4.94. The third-order valence-electron chi connectivity index (χ3n) is 3.65. The number of anilines is 1. The van der Waals surface area contributed by atoms with Crippen LogP contribution in [0.1, 0.15) is 31.9 Å². The van der Waals surface area contributed by atoms with Crippen molar-refractivity contribution in [1.82, 2.24) is 0 Å². The van der Waals surface area contributed by atoms with Crippen molar-refractivity contribution >= 4 is 5.69 Å². The fraction of sp³-hybridized carbons (Fsp3) is 0.600. The molecule has 0 heterocycles. The van der Waals surface area contributed by atoms with E-state index in [1.165, 1.54) is 0 Å². The molecule has 0 radical (unpaired) electrons. The van der Waals surface area contributed by atoms with Gasteiger partial charge in [0, 0.05) is 25.0 Å². The minimum Gasteiger partial charge on any atom is -0.389 e. The predicted octanol–water partition coefficient (Wildman–Crippen LogP) is 2.34. The Morgan fingerprint density at radius 3 is 2.79 bits per heavy atom. The Kier molecular flexibility index (Phi) is 4.80. The highest BCUT2D eigenvalue weighted by Gasteiger charge is 2.42. The Balaban J connectivity index is 2.02. The quantitative estimate of drug-likeness (QED) is 0.829. The Bertz CT molecular complexity index is 408. The van der Waals surface area contributed by atoms with Gasteiger partial charge >= 0.3 is 0 Å². The molecule has 0 aliphatic heterocycles. The molecule has 1 aromatic carbocycles. The smallest absolute Gasteiger partial charge is 0.103 e. The first kappa shape index (κ1) is 14.3. The molecule has 19 heavy (non-hydrogen) atoms. The summed E-state index contributed by atoms with van der Waals surface area (Å²) in [5, 5.41) is 13.2. The average molecular weight is 265 g/mol. The van der Waals surface area contributed by atoms with Crippen LogP contribution in [-0.4, -0.2) is 37.1 Å². The van der Waals surface area contributed by atoms with Crippen LogP contribution in [0.25, 0.3) is 0 Å². The van der Waals surface area contributed by atoms with Crippen molar-refractivity contribution < 1.29 is 14.6 Å². The van der Waals surface area contributed by atoms with Crippen LogP contribution in [0.2, 0.25) is 0 Å². The van der Waals surface area contributed by atoms with Crippen LogP contribution >= 0.6 is 0 Å². The van der Waals surface area contributed by atoms with Gasteiger partial charge in [-0.2, -0.15) is 0 Å². The fourth-order valence-electron chi connectivity index (χ4n) is 2.61. The van der Waals surface area contributed by atoms with E-state index in [-0.39, 0.29) is 18.2 Å². The van der Waals surface area contributed by atoms with Gasteiger partial charge in [0.2, 0.25) is 0 Å². The van der Waals surface area contributed by atoms with Gasteiger partial charge in [-0.15, -0.1) is 0 Å². The largest absolute Gasteiger partial charge is 0.389 e. The topological polar surface area (TPSA) is 50.7 Å². The summed E-state index contributed by atoms with van der Waals surface area (Å²) in [6.45, 7) is 4.48. The van der Waals surface area contributed by atoms with E-state index in [0.717, 1.165) is 17.7 Å². The number of benzene rings is 1. The first-order chi connectivity index (χ1) is 9.17. The van der Waals surface area contributed by atoms with E-state index in [1.807, 2.05) is 31.2 Å². The van der Waals surface area contributed by atoms with E-state index in [0.29, 0.717) is 6.61 Å². The number of para-hydroxylation sites is 1. The summed E-state index contributed by atoms with van der Waals surface area (Å²) in [7, 11) is 1.71. The van der Waals surface area contributed by atoms with Crippen LogP contribution in [0.15, 0.2) is 24.3 Å². The summed E-state index contributed by atoms with van der Waals surface area (Å²) in [6.07, 6.45) is 0.696. The number of ether oxygens (including phenoxy) is 2. The fourth-order valence-corrected chi connectivity index (χ4v) is 2.61. The van der Waals surface area contributed by atoms with Crippen molar-refractivity contribution in [3.05, 3.63) is 29.8 Å². The summed E-state index contributed by atoms with van der Waals surface area (Å²) in [5.74, 6) is 0. The first-order valence-corrected chi connectivity index (χ1v) is 6.85. The maximum Gasteiger partial charge on any atom is 0.103 e. The molecule has 1 aromatic rings. The molecule has 4 heteroatoms. The highest BCUT2D eigenvalue weighted by Crippen LogP contribution is 2.32. The van der Waals surface area contributed by atoms with E-state index in [9.17, 15) is 5.11 Å². The highest BCUT2D eigenvalue weighted by molar-refractivity contribution is 5.53. The van der Waals surface area contributed by atoms with E-state index in [2.05, 4.69) is 5.32 Å². The van der Waals surface area contributed by atoms with Gasteiger partial charge < -0.3 is 19.9 Å². The molecule has 0 saturated heterocycles. The predicted molar refractivity (Wildman–Crippen MR) is 75.3 cm³/mol. The summed E-state index contributed by atoms with van der Waals surface area (Å²) >= 11 is 0. The molecule has 0 bridgehead atoms. The van der Waals surface area contributed by atoms with Gasteiger partial charge in [0.15, 0.2) is 0 Å². The maximum atomic E-state index is 9.77. The van der Waals surface area contributed by atoms with E-state index >= 15 is 0 Å². The molecule has 1 aliphatic carbocycles. The normalized spacial score (nSPS) is 27.7. The van der Waals surface area contributed by atoms with Crippen LogP contribution in [0.5, 0.6) is 0 Å². The Morgan fingerprint density at radius 1 is 1.42 bits per heavy atom. The number of methoxy groups -OCH3 is 1. The van der Waals surface area contributed by atoms with Gasteiger partial charge in [0.1, 0.15) is 6.10 Å². The lowest BCUT2D eigenvalue weighted by Gasteiger charge is -2.44. The van der Waals surface area contributed by atoms with Crippen LogP contribution in [0.4, 0.5) is 5.69 Å². The van der Waals surface area contributed by atoms with E-state index < -0.39 is 6.10 Å². The van der Waals surface area contributed by atoms with Crippen molar-refractivity contribution in [2.24, 2.45) is 0 Å². The molecule has 4 atom stereocenters. The average Bonchev–Trinajstić information content (AvgIpc) is 2.38. The molecule has 4 unspecified atom stereocenters. The Labute approximate surface area is 114 Å². The van der Waals surface area contributed by atoms with Gasteiger partial charge in [-0.3, -0.25) is 0 Å². The number of rotatable bonds is 6. The van der Waals surface area contributed by atoms with Gasteiger partial charge in [-0.25, -0.2) is 0 Å². The van der Waals surface area contributed by atoms with Gasteiger partial charge in [-0.05, 0) is 26.3 Å². The number of hydrogen-bond acceptors (Lipinski definition) is 4. The molecule has 1 saturated carbocycles. The zero-order valence-corrected chi connectivity index (χ0v) is 11.8. The minimum absolute atomic E-state index is 0.0713. The van der Waals surface area contributed by atoms with Crippen molar-refractivity contribution in [1.29, 1.82) is 0 Å². The molecule has 2 N–H and O–H groups in total. The molecule has 1 aliphatic rings. The van der Waals surface area contributed by atoms with Crippen molar-refractivity contribution in [2.75, 3.05) is 19.0 Å². The van der Waals surface area contributed by atoms with Crippen molar-refractivity contribution in [3.8, 4) is 0 Å². The SMILES string of the molecule is CCOC1CC(Nc2ccccc2C(C)O)C1OC. The lowest BCUT2D eigenvalue weighted by molar-refractivity contribution is -0.118. The first-order valence-electron chi connectivity index (χ1n) is 6.85. The van der Waals surface area contributed by atoms with E-state index in [1.54, 1.807) is 14.0 Å². The monoisotopic (exact) mass is 265 g/mol. The second-order valence-electron chi connectivity index (χ2n) is 4.94.